The Labute approximate surface area is 115 Å². The van der Waals surface area contributed by atoms with Gasteiger partial charge in [-0.25, -0.2) is 0 Å². The minimum Gasteiger partial charge on any atom is -0.312 e. The van der Waals surface area contributed by atoms with E-state index in [0.717, 1.165) is 18.9 Å². The molecule has 0 fully saturated rings. The van der Waals surface area contributed by atoms with E-state index < -0.39 is 0 Å². The molecular weight excluding hydrogens is 218 g/mol. The van der Waals surface area contributed by atoms with E-state index in [0.29, 0.717) is 0 Å². The third-order valence-electron chi connectivity index (χ3n) is 3.45. The number of rotatable bonds is 9. The van der Waals surface area contributed by atoms with Crippen LogP contribution in [0.3, 0.4) is 0 Å². The van der Waals surface area contributed by atoms with Gasteiger partial charge in [-0.3, -0.25) is 0 Å². The Hall–Kier alpha value is -0.300. The molecule has 0 saturated heterocycles. The van der Waals surface area contributed by atoms with Gasteiger partial charge in [-0.05, 0) is 53.0 Å². The van der Waals surface area contributed by atoms with Crippen molar-refractivity contribution in [2.75, 3.05) is 6.54 Å². The molecule has 0 amide bonds. The standard InChI is InChI=1S/C17H35N/c1-7-9-12-16(8-2)14-15(3)11-10-13-18-17(4,5)6/h11,16,18H,7-10,12-14H2,1-6H3. The molecule has 0 aromatic heterocycles. The normalized spacial score (nSPS) is 14.9. The van der Waals surface area contributed by atoms with Crippen LogP contribution in [-0.2, 0) is 0 Å². The molecule has 1 nitrogen and oxygen atoms in total. The van der Waals surface area contributed by atoms with E-state index in [1.165, 1.54) is 32.1 Å². The zero-order valence-corrected chi connectivity index (χ0v) is 13.6. The topological polar surface area (TPSA) is 12.0 Å². The number of nitrogens with one attached hydrogen (secondary N) is 1. The zero-order valence-electron chi connectivity index (χ0n) is 13.6. The average Bonchev–Trinajstić information content (AvgIpc) is 2.29. The summed E-state index contributed by atoms with van der Waals surface area (Å²) in [5.74, 6) is 0.900. The fourth-order valence-corrected chi connectivity index (χ4v) is 2.25. The summed E-state index contributed by atoms with van der Waals surface area (Å²) in [5, 5.41) is 3.53. The summed E-state index contributed by atoms with van der Waals surface area (Å²) >= 11 is 0. The van der Waals surface area contributed by atoms with Gasteiger partial charge in [0, 0.05) is 5.54 Å². The maximum atomic E-state index is 3.53. The predicted molar refractivity (Wildman–Crippen MR) is 84.1 cm³/mol. The van der Waals surface area contributed by atoms with Crippen molar-refractivity contribution in [3.05, 3.63) is 11.6 Å². The van der Waals surface area contributed by atoms with Crippen molar-refractivity contribution in [3.63, 3.8) is 0 Å². The van der Waals surface area contributed by atoms with E-state index in [9.17, 15) is 0 Å². The Morgan fingerprint density at radius 3 is 2.39 bits per heavy atom. The first kappa shape index (κ1) is 17.7. The molecule has 0 spiro atoms. The summed E-state index contributed by atoms with van der Waals surface area (Å²) in [7, 11) is 0. The van der Waals surface area contributed by atoms with E-state index in [4.69, 9.17) is 0 Å². The maximum Gasteiger partial charge on any atom is 0.00966 e. The Kier molecular flexibility index (Phi) is 9.45. The molecule has 0 aliphatic rings. The summed E-state index contributed by atoms with van der Waals surface area (Å²) in [6, 6.07) is 0. The van der Waals surface area contributed by atoms with Crippen LogP contribution in [0.15, 0.2) is 11.6 Å². The Bertz CT molecular complexity index is 222. The maximum absolute atomic E-state index is 3.53. The van der Waals surface area contributed by atoms with Crippen LogP contribution in [0.1, 0.15) is 80.1 Å². The molecule has 1 N–H and O–H groups in total. The van der Waals surface area contributed by atoms with Gasteiger partial charge in [0.25, 0.3) is 0 Å². The highest BCUT2D eigenvalue weighted by Crippen LogP contribution is 2.21. The van der Waals surface area contributed by atoms with Crippen molar-refractivity contribution in [2.24, 2.45) is 5.92 Å². The van der Waals surface area contributed by atoms with Crippen molar-refractivity contribution in [1.82, 2.24) is 5.32 Å². The average molecular weight is 253 g/mol. The molecule has 0 rings (SSSR count). The van der Waals surface area contributed by atoms with Gasteiger partial charge in [0.15, 0.2) is 0 Å². The number of allylic oxidation sites excluding steroid dienone is 1. The van der Waals surface area contributed by atoms with Gasteiger partial charge in [0.1, 0.15) is 0 Å². The van der Waals surface area contributed by atoms with Crippen LogP contribution in [0.2, 0.25) is 0 Å². The molecule has 0 aliphatic heterocycles. The molecule has 0 saturated carbocycles. The van der Waals surface area contributed by atoms with Crippen molar-refractivity contribution in [1.29, 1.82) is 0 Å². The van der Waals surface area contributed by atoms with Gasteiger partial charge < -0.3 is 5.32 Å². The van der Waals surface area contributed by atoms with E-state index >= 15 is 0 Å². The third-order valence-corrected chi connectivity index (χ3v) is 3.45. The zero-order chi connectivity index (χ0) is 14.0. The van der Waals surface area contributed by atoms with Crippen LogP contribution in [0.5, 0.6) is 0 Å². The minimum atomic E-state index is 0.245. The molecule has 1 unspecified atom stereocenters. The molecule has 0 aromatic carbocycles. The van der Waals surface area contributed by atoms with Crippen LogP contribution >= 0.6 is 0 Å². The highest BCUT2D eigenvalue weighted by molar-refractivity contribution is 4.99. The first-order valence-electron chi connectivity index (χ1n) is 7.79. The first-order valence-corrected chi connectivity index (χ1v) is 7.79. The van der Waals surface area contributed by atoms with E-state index in [1.807, 2.05) is 0 Å². The summed E-state index contributed by atoms with van der Waals surface area (Å²) in [6.07, 6.45) is 10.3. The Morgan fingerprint density at radius 1 is 1.22 bits per heavy atom. The van der Waals surface area contributed by atoms with Crippen LogP contribution < -0.4 is 5.32 Å². The highest BCUT2D eigenvalue weighted by atomic mass is 14.9. The lowest BCUT2D eigenvalue weighted by Gasteiger charge is -2.20. The van der Waals surface area contributed by atoms with Crippen molar-refractivity contribution < 1.29 is 0 Å². The van der Waals surface area contributed by atoms with Gasteiger partial charge >= 0.3 is 0 Å². The Balaban J connectivity index is 3.87. The second kappa shape index (κ2) is 9.61. The lowest BCUT2D eigenvalue weighted by atomic mass is 9.92. The fourth-order valence-electron chi connectivity index (χ4n) is 2.25. The third kappa shape index (κ3) is 10.8. The number of hydrogen-bond donors (Lipinski definition) is 1. The lowest BCUT2D eigenvalue weighted by molar-refractivity contribution is 0.429. The van der Waals surface area contributed by atoms with Gasteiger partial charge in [0.2, 0.25) is 0 Å². The first-order chi connectivity index (χ1) is 8.39. The molecule has 1 atom stereocenters. The quantitative estimate of drug-likeness (QED) is 0.433. The van der Waals surface area contributed by atoms with Gasteiger partial charge in [-0.2, -0.15) is 0 Å². The second-order valence-corrected chi connectivity index (χ2v) is 6.64. The molecule has 0 aromatic rings. The van der Waals surface area contributed by atoms with E-state index in [2.05, 4.69) is 52.9 Å². The Morgan fingerprint density at radius 2 is 1.89 bits per heavy atom. The molecule has 0 heterocycles. The van der Waals surface area contributed by atoms with Crippen LogP contribution in [0.25, 0.3) is 0 Å². The number of unbranched alkanes of at least 4 members (excludes halogenated alkanes) is 1. The van der Waals surface area contributed by atoms with Gasteiger partial charge in [-0.1, -0.05) is 51.2 Å². The summed E-state index contributed by atoms with van der Waals surface area (Å²) < 4.78 is 0. The molecule has 108 valence electrons. The highest BCUT2D eigenvalue weighted by Gasteiger charge is 2.08. The smallest absolute Gasteiger partial charge is 0.00966 e. The van der Waals surface area contributed by atoms with Crippen LogP contribution in [-0.4, -0.2) is 12.1 Å². The molecule has 0 aliphatic carbocycles. The number of hydrogen-bond acceptors (Lipinski definition) is 1. The van der Waals surface area contributed by atoms with Gasteiger partial charge in [0.05, 0.1) is 0 Å². The monoisotopic (exact) mass is 253 g/mol. The van der Waals surface area contributed by atoms with Gasteiger partial charge in [-0.15, -0.1) is 0 Å². The van der Waals surface area contributed by atoms with Crippen molar-refractivity contribution in [3.8, 4) is 0 Å². The summed E-state index contributed by atoms with van der Waals surface area (Å²) in [6.45, 7) is 14.7. The SMILES string of the molecule is CCCCC(CC)CC(C)=CCCNC(C)(C)C. The molecule has 1 heteroatoms. The molecule has 18 heavy (non-hydrogen) atoms. The van der Waals surface area contributed by atoms with Crippen LogP contribution in [0.4, 0.5) is 0 Å². The summed E-state index contributed by atoms with van der Waals surface area (Å²) in [5.41, 5.74) is 1.82. The lowest BCUT2D eigenvalue weighted by Crippen LogP contribution is -2.36. The van der Waals surface area contributed by atoms with Crippen molar-refractivity contribution in [2.45, 2.75) is 85.6 Å². The molecule has 0 bridgehead atoms. The van der Waals surface area contributed by atoms with E-state index in [-0.39, 0.29) is 5.54 Å². The summed E-state index contributed by atoms with van der Waals surface area (Å²) in [4.78, 5) is 0. The second-order valence-electron chi connectivity index (χ2n) is 6.64. The molecule has 0 radical (unpaired) electrons. The largest absolute Gasteiger partial charge is 0.312 e. The molecular formula is C17H35N. The van der Waals surface area contributed by atoms with Crippen molar-refractivity contribution >= 4 is 0 Å². The minimum absolute atomic E-state index is 0.245. The fraction of sp³-hybridized carbons (Fsp3) is 0.882. The van der Waals surface area contributed by atoms with E-state index in [1.54, 1.807) is 5.57 Å². The van der Waals surface area contributed by atoms with Crippen LogP contribution in [0, 0.1) is 5.92 Å². The predicted octanol–water partition coefficient (Wildman–Crippen LogP) is 5.32.